The van der Waals surface area contributed by atoms with E-state index < -0.39 is 10.0 Å². The number of hydrogen-bond donors (Lipinski definition) is 4. The van der Waals surface area contributed by atoms with Crippen LogP contribution < -0.4 is 21.7 Å². The highest BCUT2D eigenvalue weighted by atomic mass is 32.2. The lowest BCUT2D eigenvalue weighted by atomic mass is 10.0. The normalized spacial score (nSPS) is 19.5. The third kappa shape index (κ3) is 13.4. The van der Waals surface area contributed by atoms with Gasteiger partial charge in [-0.1, -0.05) is 42.9 Å². The van der Waals surface area contributed by atoms with Gasteiger partial charge in [0.05, 0.1) is 83.1 Å². The number of anilines is 1. The second-order valence-corrected chi connectivity index (χ2v) is 19.6. The molecular weight excluding hydrogens is 855 g/mol. The van der Waals surface area contributed by atoms with E-state index in [-0.39, 0.29) is 49.0 Å². The Kier molecular flexibility index (Phi) is 17.8. The van der Waals surface area contributed by atoms with Crippen molar-refractivity contribution in [3.63, 3.8) is 0 Å². The second kappa shape index (κ2) is 23.2. The number of piperidine rings is 1. The number of nitrogens with one attached hydrogen (secondary N) is 3. The van der Waals surface area contributed by atoms with E-state index in [0.717, 1.165) is 52.6 Å². The lowest BCUT2D eigenvalue weighted by Crippen LogP contribution is -2.38. The SMILES string of the molecule is CN1C(=O)N[C@H]2CS[C@@H](CCCCC(=O)NCCOCCOCCOCCOCCC(=O)Nc3ccc4c(-c5cccc(C(N)=S)c5)cn(C5CCN(S(C)(=O)=O)CC5)c4c3)C21. The minimum atomic E-state index is -3.26. The maximum atomic E-state index is 12.9. The van der Waals surface area contributed by atoms with Gasteiger partial charge in [-0.15, -0.1) is 0 Å². The molecule has 3 saturated heterocycles. The fourth-order valence-electron chi connectivity index (χ4n) is 8.27. The number of rotatable bonds is 25. The second-order valence-electron chi connectivity index (χ2n) is 15.9. The van der Waals surface area contributed by atoms with Crippen LogP contribution in [-0.4, -0.2) is 154 Å². The van der Waals surface area contributed by atoms with Crippen molar-refractivity contribution in [2.45, 2.75) is 68.3 Å². The molecule has 2 aromatic carbocycles. The largest absolute Gasteiger partial charge is 0.389 e. The third-order valence-corrected chi connectivity index (χ3v) is 14.6. The van der Waals surface area contributed by atoms with Crippen molar-refractivity contribution in [1.82, 2.24) is 24.4 Å². The summed E-state index contributed by atoms with van der Waals surface area (Å²) in [6.07, 6.45) is 8.13. The number of nitrogens with zero attached hydrogens (tertiary/aromatic N) is 3. The van der Waals surface area contributed by atoms with Gasteiger partial charge >= 0.3 is 6.03 Å². The molecule has 16 nitrogen and oxygen atoms in total. The number of nitrogens with two attached hydrogens (primary N) is 1. The smallest absolute Gasteiger partial charge is 0.317 e. The molecule has 3 fully saturated rings. The quantitative estimate of drug-likeness (QED) is 0.0541. The van der Waals surface area contributed by atoms with Crippen LogP contribution in [0.5, 0.6) is 0 Å². The first-order chi connectivity index (χ1) is 29.9. The van der Waals surface area contributed by atoms with Crippen LogP contribution >= 0.6 is 24.0 Å². The number of sulfonamides is 1. The molecule has 340 valence electrons. The minimum absolute atomic E-state index is 0.0159. The predicted octanol–water partition coefficient (Wildman–Crippen LogP) is 4.12. The molecule has 0 spiro atoms. The van der Waals surface area contributed by atoms with Gasteiger partial charge in [-0.2, -0.15) is 11.8 Å². The molecule has 3 atom stereocenters. The van der Waals surface area contributed by atoms with Crippen molar-refractivity contribution >= 4 is 73.4 Å². The number of unbranched alkanes of at least 4 members (excludes halogenated alkanes) is 1. The number of amides is 4. The van der Waals surface area contributed by atoms with Crippen LogP contribution in [0.4, 0.5) is 10.5 Å². The highest BCUT2D eigenvalue weighted by molar-refractivity contribution is 8.00. The first-order valence-corrected chi connectivity index (χ1v) is 24.7. The number of likely N-dealkylation sites (N-methyl/N-ethyl adjacent to an activating group) is 1. The highest BCUT2D eigenvalue weighted by Crippen LogP contribution is 2.38. The first kappa shape index (κ1) is 47.7. The molecule has 6 rings (SSSR count). The number of carbonyl (C=O) groups excluding carboxylic acids is 3. The standard InChI is InChI=1S/C43H61N7O9S3/c1-48-41-36(47-43(48)53)29-61-38(41)8-3-4-9-39(51)45-15-19-57-21-23-59-25-24-58-22-20-56-18-14-40(52)46-32-10-11-34-35(30-6-5-7-31(26-30)42(44)60)28-50(37(34)27-32)33-12-16-49(17-13-33)62(2,54)55/h5-7,10-11,26-28,33,36,38,41H,3-4,8-9,12-25,29H2,1-2H3,(H2,44,60)(H,45,51)(H,46,52)(H,47,53)/t36-,38-,41?/m0/s1. The zero-order valence-electron chi connectivity index (χ0n) is 35.7. The average Bonchev–Trinajstić information content (AvgIpc) is 3.92. The van der Waals surface area contributed by atoms with Crippen molar-refractivity contribution < 1.29 is 41.7 Å². The Morgan fingerprint density at radius 3 is 2.31 bits per heavy atom. The predicted molar refractivity (Wildman–Crippen MR) is 246 cm³/mol. The highest BCUT2D eigenvalue weighted by Gasteiger charge is 2.46. The lowest BCUT2D eigenvalue weighted by Gasteiger charge is -2.31. The van der Waals surface area contributed by atoms with Crippen molar-refractivity contribution in [2.24, 2.45) is 5.73 Å². The number of hydrogen-bond acceptors (Lipinski definition) is 11. The van der Waals surface area contributed by atoms with Gasteiger partial charge in [0, 0.05) is 78.5 Å². The van der Waals surface area contributed by atoms with Gasteiger partial charge in [0.25, 0.3) is 0 Å². The van der Waals surface area contributed by atoms with E-state index in [1.165, 1.54) is 10.6 Å². The summed E-state index contributed by atoms with van der Waals surface area (Å²) in [5.41, 5.74) is 10.3. The van der Waals surface area contributed by atoms with Crippen molar-refractivity contribution in [1.29, 1.82) is 0 Å². The Balaban J connectivity index is 0.803. The molecule has 0 saturated carbocycles. The Labute approximate surface area is 374 Å². The fraction of sp³-hybridized carbons (Fsp3) is 0.581. The number of thiocarbonyl (C=S) groups is 1. The van der Waals surface area contributed by atoms with Crippen LogP contribution in [0.2, 0.25) is 0 Å². The van der Waals surface area contributed by atoms with E-state index in [1.807, 2.05) is 66.2 Å². The lowest BCUT2D eigenvalue weighted by molar-refractivity contribution is -0.121. The summed E-state index contributed by atoms with van der Waals surface area (Å²) >= 11 is 7.15. The molecule has 1 unspecified atom stereocenters. The van der Waals surface area contributed by atoms with Gasteiger partial charge in [0.1, 0.15) is 4.99 Å². The minimum Gasteiger partial charge on any atom is -0.389 e. The van der Waals surface area contributed by atoms with E-state index in [9.17, 15) is 22.8 Å². The zero-order chi connectivity index (χ0) is 44.1. The summed E-state index contributed by atoms with van der Waals surface area (Å²) in [6.45, 7) is 4.36. The summed E-state index contributed by atoms with van der Waals surface area (Å²) in [4.78, 5) is 39.1. The molecule has 3 aromatic rings. The Bertz CT molecular complexity index is 2110. The van der Waals surface area contributed by atoms with Crippen LogP contribution in [0.25, 0.3) is 22.0 Å². The summed E-state index contributed by atoms with van der Waals surface area (Å²) in [6, 6.07) is 14.2. The van der Waals surface area contributed by atoms with Gasteiger partial charge in [-0.05, 0) is 49.4 Å². The number of thioether (sulfide) groups is 1. The Morgan fingerprint density at radius 2 is 1.61 bits per heavy atom. The third-order valence-electron chi connectivity index (χ3n) is 11.5. The topological polar surface area (TPSA) is 196 Å². The van der Waals surface area contributed by atoms with E-state index in [4.69, 9.17) is 36.9 Å². The molecule has 0 bridgehead atoms. The van der Waals surface area contributed by atoms with Gasteiger partial charge in [-0.25, -0.2) is 17.5 Å². The molecule has 3 aliphatic rings. The van der Waals surface area contributed by atoms with Crippen LogP contribution in [0.3, 0.4) is 0 Å². The summed E-state index contributed by atoms with van der Waals surface area (Å²) in [5, 5.41) is 10.4. The number of carbonyl (C=O) groups is 3. The Hall–Kier alpha value is -3.82. The molecule has 0 radical (unpaired) electrons. The van der Waals surface area contributed by atoms with Crippen LogP contribution in [0.15, 0.2) is 48.7 Å². The zero-order valence-corrected chi connectivity index (χ0v) is 38.1. The summed E-state index contributed by atoms with van der Waals surface area (Å²) < 4.78 is 50.4. The van der Waals surface area contributed by atoms with E-state index >= 15 is 0 Å². The molecule has 62 heavy (non-hydrogen) atoms. The Morgan fingerprint density at radius 1 is 0.919 bits per heavy atom. The molecule has 19 heteroatoms. The van der Waals surface area contributed by atoms with Gasteiger partial charge in [-0.3, -0.25) is 9.59 Å². The van der Waals surface area contributed by atoms with E-state index in [0.29, 0.717) is 101 Å². The first-order valence-electron chi connectivity index (χ1n) is 21.4. The molecule has 1 aromatic heterocycles. The van der Waals surface area contributed by atoms with Crippen molar-refractivity contribution in [2.75, 3.05) is 96.9 Å². The monoisotopic (exact) mass is 915 g/mol. The maximum Gasteiger partial charge on any atom is 0.317 e. The van der Waals surface area contributed by atoms with Crippen LogP contribution in [-0.2, 0) is 38.6 Å². The molecule has 5 N–H and O–H groups in total. The number of fused-ring (bicyclic) bond motifs is 2. The van der Waals surface area contributed by atoms with Gasteiger partial charge in [0.15, 0.2) is 0 Å². The van der Waals surface area contributed by atoms with Gasteiger partial charge in [0.2, 0.25) is 21.8 Å². The maximum absolute atomic E-state index is 12.9. The van der Waals surface area contributed by atoms with Crippen LogP contribution in [0, 0.1) is 0 Å². The van der Waals surface area contributed by atoms with E-state index in [2.05, 4.69) is 26.7 Å². The number of benzene rings is 2. The van der Waals surface area contributed by atoms with Crippen molar-refractivity contribution in [3.8, 4) is 11.1 Å². The number of ether oxygens (including phenoxy) is 4. The fourth-order valence-corrected chi connectivity index (χ4v) is 10.9. The molecule has 0 aliphatic carbocycles. The van der Waals surface area contributed by atoms with Crippen molar-refractivity contribution in [3.05, 3.63) is 54.2 Å². The average molecular weight is 916 g/mol. The number of aromatic nitrogens is 1. The van der Waals surface area contributed by atoms with Gasteiger partial charge < -0.3 is 50.1 Å². The molecule has 4 amide bonds. The molecular formula is C43H61N7O9S3. The molecule has 4 heterocycles. The summed E-state index contributed by atoms with van der Waals surface area (Å²) in [5.74, 6) is 0.807. The summed E-state index contributed by atoms with van der Waals surface area (Å²) in [7, 11) is -1.40. The van der Waals surface area contributed by atoms with Crippen LogP contribution in [0.1, 0.15) is 56.6 Å². The molecule has 3 aliphatic heterocycles. The number of urea groups is 1. The van der Waals surface area contributed by atoms with E-state index in [1.54, 1.807) is 0 Å².